The number of imide groups is 1. The van der Waals surface area contributed by atoms with Crippen LogP contribution in [-0.2, 0) is 20.8 Å². The zero-order valence-corrected chi connectivity index (χ0v) is 17.7. The van der Waals surface area contributed by atoms with Gasteiger partial charge in [-0.25, -0.2) is 4.79 Å². The molecule has 0 radical (unpaired) electrons. The molecule has 3 aliphatic rings. The van der Waals surface area contributed by atoms with E-state index in [1.54, 1.807) is 0 Å². The Bertz CT molecular complexity index is 846. The molecule has 1 aliphatic heterocycles. The fourth-order valence-corrected chi connectivity index (χ4v) is 4.44. The van der Waals surface area contributed by atoms with Crippen molar-refractivity contribution in [3.05, 3.63) is 35.9 Å². The van der Waals surface area contributed by atoms with Crippen molar-refractivity contribution in [3.63, 3.8) is 0 Å². The monoisotopic (exact) mass is 426 g/mol. The first kappa shape index (κ1) is 21.3. The number of carbonyl (C=O) groups is 4. The smallest absolute Gasteiger partial charge is 0.325 e. The first-order valence-corrected chi connectivity index (χ1v) is 11.2. The Kier molecular flexibility index (Phi) is 6.25. The quantitative estimate of drug-likeness (QED) is 0.549. The summed E-state index contributed by atoms with van der Waals surface area (Å²) in [4.78, 5) is 51.6. The van der Waals surface area contributed by atoms with Gasteiger partial charge in [-0.05, 0) is 31.2 Å². The molecule has 1 aromatic rings. The molecular formula is C23H30N4O4. The Morgan fingerprint density at radius 3 is 2.48 bits per heavy atom. The maximum Gasteiger partial charge on any atom is 0.325 e. The number of nitrogens with zero attached hydrogens (tertiary/aromatic N) is 1. The summed E-state index contributed by atoms with van der Waals surface area (Å²) in [7, 11) is 0. The summed E-state index contributed by atoms with van der Waals surface area (Å²) in [6, 6.07) is 8.60. The number of hydrogen-bond acceptors (Lipinski definition) is 4. The van der Waals surface area contributed by atoms with Gasteiger partial charge in [0.05, 0.1) is 0 Å². The van der Waals surface area contributed by atoms with Crippen molar-refractivity contribution in [2.75, 3.05) is 6.54 Å². The van der Waals surface area contributed by atoms with Gasteiger partial charge in [0.1, 0.15) is 11.6 Å². The van der Waals surface area contributed by atoms with Crippen molar-refractivity contribution in [1.29, 1.82) is 0 Å². The zero-order chi connectivity index (χ0) is 21.8. The van der Waals surface area contributed by atoms with Gasteiger partial charge in [0, 0.05) is 25.4 Å². The van der Waals surface area contributed by atoms with E-state index in [9.17, 15) is 19.2 Å². The molecule has 5 amide bonds. The predicted molar refractivity (Wildman–Crippen MR) is 114 cm³/mol. The Labute approximate surface area is 182 Å². The fourth-order valence-electron chi connectivity index (χ4n) is 4.44. The van der Waals surface area contributed by atoms with E-state index < -0.39 is 17.6 Å². The molecule has 166 valence electrons. The highest BCUT2D eigenvalue weighted by atomic mass is 16.2. The number of hydrogen-bond donors (Lipinski definition) is 3. The molecule has 1 atom stereocenters. The van der Waals surface area contributed by atoms with Crippen LogP contribution in [0.1, 0.15) is 56.9 Å². The fraction of sp³-hybridized carbons (Fsp3) is 0.565. The lowest BCUT2D eigenvalue weighted by Gasteiger charge is -2.30. The topological polar surface area (TPSA) is 108 Å². The summed E-state index contributed by atoms with van der Waals surface area (Å²) < 4.78 is 0. The van der Waals surface area contributed by atoms with Crippen molar-refractivity contribution in [1.82, 2.24) is 20.9 Å². The van der Waals surface area contributed by atoms with Crippen LogP contribution in [-0.4, -0.2) is 52.8 Å². The van der Waals surface area contributed by atoms with Crippen LogP contribution in [0.2, 0.25) is 0 Å². The third kappa shape index (κ3) is 5.06. The highest BCUT2D eigenvalue weighted by Gasteiger charge is 2.51. The van der Waals surface area contributed by atoms with Crippen LogP contribution in [0.5, 0.6) is 0 Å². The third-order valence-electron chi connectivity index (χ3n) is 6.37. The van der Waals surface area contributed by atoms with Gasteiger partial charge in [-0.3, -0.25) is 19.3 Å². The number of urea groups is 1. The largest absolute Gasteiger partial charge is 0.352 e. The SMILES string of the molecule is O=C(CCN1C(=O)NC2(CCCCC2)C1=O)NC(Cc1ccccc1)C(=O)NC1CC1. The van der Waals surface area contributed by atoms with E-state index in [4.69, 9.17) is 0 Å². The number of amides is 5. The van der Waals surface area contributed by atoms with Gasteiger partial charge in [-0.15, -0.1) is 0 Å². The van der Waals surface area contributed by atoms with Crippen LogP contribution in [0.4, 0.5) is 4.79 Å². The van der Waals surface area contributed by atoms with Gasteiger partial charge >= 0.3 is 6.03 Å². The first-order valence-electron chi connectivity index (χ1n) is 11.2. The maximum atomic E-state index is 12.9. The second-order valence-corrected chi connectivity index (χ2v) is 8.87. The Morgan fingerprint density at radius 2 is 1.81 bits per heavy atom. The standard InChI is InChI=1S/C23H30N4O4/c28-19(11-14-27-21(30)23(26-22(27)31)12-5-2-6-13-23)25-18(20(29)24-17-9-10-17)15-16-7-3-1-4-8-16/h1,3-4,7-8,17-18H,2,5-6,9-15H2,(H,24,29)(H,25,28)(H,26,31). The van der Waals surface area contributed by atoms with Gasteiger partial charge in [-0.2, -0.15) is 0 Å². The van der Waals surface area contributed by atoms with Crippen LogP contribution in [0, 0.1) is 0 Å². The minimum atomic E-state index is -0.786. The van der Waals surface area contributed by atoms with Gasteiger partial charge in [-0.1, -0.05) is 49.6 Å². The number of nitrogens with one attached hydrogen (secondary N) is 3. The lowest BCUT2D eigenvalue weighted by molar-refractivity contribution is -0.133. The average Bonchev–Trinajstić information content (AvgIpc) is 3.55. The molecule has 1 heterocycles. The summed E-state index contributed by atoms with van der Waals surface area (Å²) in [5.41, 5.74) is 0.165. The van der Waals surface area contributed by atoms with Crippen LogP contribution in [0.25, 0.3) is 0 Å². The maximum absolute atomic E-state index is 12.9. The molecule has 8 heteroatoms. The normalized spacial score (nSPS) is 21.0. The van der Waals surface area contributed by atoms with Crippen LogP contribution >= 0.6 is 0 Å². The lowest BCUT2D eigenvalue weighted by Crippen LogP contribution is -2.49. The van der Waals surface area contributed by atoms with Crippen molar-refractivity contribution < 1.29 is 19.2 Å². The van der Waals surface area contributed by atoms with Crippen LogP contribution in [0.3, 0.4) is 0 Å². The minimum Gasteiger partial charge on any atom is -0.352 e. The summed E-state index contributed by atoms with van der Waals surface area (Å²) >= 11 is 0. The highest BCUT2D eigenvalue weighted by Crippen LogP contribution is 2.33. The van der Waals surface area contributed by atoms with Gasteiger partial charge < -0.3 is 16.0 Å². The number of rotatable bonds is 8. The Morgan fingerprint density at radius 1 is 1.10 bits per heavy atom. The van der Waals surface area contributed by atoms with Crippen molar-refractivity contribution in [3.8, 4) is 0 Å². The molecule has 8 nitrogen and oxygen atoms in total. The molecule has 0 bridgehead atoms. The number of benzene rings is 1. The highest BCUT2D eigenvalue weighted by molar-refractivity contribution is 6.07. The van der Waals surface area contributed by atoms with E-state index in [-0.39, 0.29) is 36.7 Å². The van der Waals surface area contributed by atoms with Crippen molar-refractivity contribution in [2.45, 2.75) is 75.4 Å². The van der Waals surface area contributed by atoms with Crippen LogP contribution < -0.4 is 16.0 Å². The van der Waals surface area contributed by atoms with E-state index in [1.165, 1.54) is 0 Å². The van der Waals surface area contributed by atoms with E-state index in [1.807, 2.05) is 30.3 Å². The summed E-state index contributed by atoms with van der Waals surface area (Å²) in [6.45, 7) is 0.0144. The van der Waals surface area contributed by atoms with Gasteiger partial charge in [0.2, 0.25) is 11.8 Å². The van der Waals surface area contributed by atoms with E-state index in [2.05, 4.69) is 16.0 Å². The second-order valence-electron chi connectivity index (χ2n) is 8.87. The van der Waals surface area contributed by atoms with E-state index in [0.29, 0.717) is 19.3 Å². The van der Waals surface area contributed by atoms with Gasteiger partial charge in [0.25, 0.3) is 5.91 Å². The first-order chi connectivity index (χ1) is 15.0. The Hall–Kier alpha value is -2.90. The summed E-state index contributed by atoms with van der Waals surface area (Å²) in [6.07, 6.45) is 6.49. The van der Waals surface area contributed by atoms with E-state index in [0.717, 1.165) is 42.6 Å². The van der Waals surface area contributed by atoms with Gasteiger partial charge in [0.15, 0.2) is 0 Å². The molecule has 1 unspecified atom stereocenters. The lowest BCUT2D eigenvalue weighted by atomic mass is 9.82. The minimum absolute atomic E-state index is 0.0144. The molecule has 1 aromatic carbocycles. The predicted octanol–water partition coefficient (Wildman–Crippen LogP) is 1.64. The third-order valence-corrected chi connectivity index (χ3v) is 6.37. The average molecular weight is 427 g/mol. The molecule has 0 aromatic heterocycles. The zero-order valence-electron chi connectivity index (χ0n) is 17.7. The molecular weight excluding hydrogens is 396 g/mol. The van der Waals surface area contributed by atoms with Crippen molar-refractivity contribution in [2.24, 2.45) is 0 Å². The Balaban J connectivity index is 1.34. The molecule has 2 saturated carbocycles. The van der Waals surface area contributed by atoms with Crippen LogP contribution in [0.15, 0.2) is 30.3 Å². The molecule has 31 heavy (non-hydrogen) atoms. The van der Waals surface area contributed by atoms with Crippen molar-refractivity contribution >= 4 is 23.8 Å². The molecule has 4 rings (SSSR count). The summed E-state index contributed by atoms with van der Waals surface area (Å²) in [5.74, 6) is -0.773. The molecule has 1 saturated heterocycles. The molecule has 2 aliphatic carbocycles. The summed E-state index contributed by atoms with van der Waals surface area (Å²) in [5, 5.41) is 8.60. The molecule has 1 spiro atoms. The van der Waals surface area contributed by atoms with E-state index >= 15 is 0 Å². The molecule has 3 fully saturated rings. The second kappa shape index (κ2) is 9.08. The number of carbonyl (C=O) groups excluding carboxylic acids is 4. The molecule has 3 N–H and O–H groups in total.